The van der Waals surface area contributed by atoms with Crippen molar-refractivity contribution in [2.75, 3.05) is 17.1 Å². The molecule has 12 heteroatoms. The maximum absolute atomic E-state index is 12.0. The summed E-state index contributed by atoms with van der Waals surface area (Å²) >= 11 is 3.27. The van der Waals surface area contributed by atoms with E-state index in [0.717, 1.165) is 21.1 Å². The highest BCUT2D eigenvalue weighted by atomic mass is 79.9. The largest absolute Gasteiger partial charge is 0.459 e. The van der Waals surface area contributed by atoms with Crippen molar-refractivity contribution in [1.29, 1.82) is 0 Å². The van der Waals surface area contributed by atoms with Crippen LogP contribution < -0.4 is 9.73 Å². The van der Waals surface area contributed by atoms with Crippen molar-refractivity contribution in [3.05, 3.63) is 56.4 Å². The van der Waals surface area contributed by atoms with E-state index in [4.69, 9.17) is 4.42 Å². The Morgan fingerprint density at radius 1 is 1.44 bits per heavy atom. The van der Waals surface area contributed by atoms with Crippen molar-refractivity contribution < 1.29 is 22.6 Å². The van der Waals surface area contributed by atoms with E-state index in [1.807, 2.05) is 0 Å². The van der Waals surface area contributed by atoms with E-state index in [1.165, 1.54) is 24.4 Å². The number of hydrogen-bond donors (Lipinski definition) is 1. The molecule has 27 heavy (non-hydrogen) atoms. The number of furan rings is 1. The lowest BCUT2D eigenvalue weighted by Gasteiger charge is -2.21. The quantitative estimate of drug-likeness (QED) is 0.383. The Balaban J connectivity index is 2.13. The second-order valence-corrected chi connectivity index (χ2v) is 8.15. The number of sulfonamides is 1. The zero-order valence-electron chi connectivity index (χ0n) is 14.2. The molecule has 0 radical (unpaired) electrons. The summed E-state index contributed by atoms with van der Waals surface area (Å²) in [5.41, 5.74) is 1.89. The number of hydrazone groups is 1. The molecule has 0 aliphatic heterocycles. The van der Waals surface area contributed by atoms with Crippen LogP contribution in [0.25, 0.3) is 0 Å². The first-order valence-corrected chi connectivity index (χ1v) is 10.0. The van der Waals surface area contributed by atoms with Gasteiger partial charge in [0.25, 0.3) is 11.6 Å². The van der Waals surface area contributed by atoms with Crippen LogP contribution in [0.1, 0.15) is 11.5 Å². The zero-order valence-corrected chi connectivity index (χ0v) is 16.7. The molecule has 1 aromatic heterocycles. The number of hydrogen-bond acceptors (Lipinski definition) is 7. The summed E-state index contributed by atoms with van der Waals surface area (Å²) in [6.45, 7) is 1.14. The van der Waals surface area contributed by atoms with Crippen molar-refractivity contribution in [2.24, 2.45) is 5.10 Å². The molecule has 0 aliphatic rings. The Kier molecular flexibility index (Phi) is 6.33. The minimum atomic E-state index is -3.86. The molecule has 0 spiro atoms. The summed E-state index contributed by atoms with van der Waals surface area (Å²) in [6.07, 6.45) is 2.15. The first kappa shape index (κ1) is 20.6. The fraction of sp³-hybridized carbons (Fsp3) is 0.200. The van der Waals surface area contributed by atoms with Crippen LogP contribution in [0.2, 0.25) is 0 Å². The van der Waals surface area contributed by atoms with Crippen LogP contribution in [-0.2, 0) is 14.8 Å². The predicted octanol–water partition coefficient (Wildman–Crippen LogP) is 2.18. The molecule has 0 aliphatic carbocycles. The van der Waals surface area contributed by atoms with Gasteiger partial charge in [-0.25, -0.2) is 13.8 Å². The Morgan fingerprint density at radius 3 is 2.70 bits per heavy atom. The van der Waals surface area contributed by atoms with Crippen LogP contribution in [-0.4, -0.2) is 38.3 Å². The minimum absolute atomic E-state index is 0.00332. The second kappa shape index (κ2) is 8.31. The number of nitro benzene ring substituents is 1. The molecule has 144 valence electrons. The first-order valence-electron chi connectivity index (χ1n) is 7.38. The van der Waals surface area contributed by atoms with Gasteiger partial charge in [-0.05, 0) is 28.9 Å². The minimum Gasteiger partial charge on any atom is -0.459 e. The summed E-state index contributed by atoms with van der Waals surface area (Å²) < 4.78 is 30.8. The van der Waals surface area contributed by atoms with Crippen LogP contribution in [0.5, 0.6) is 0 Å². The Labute approximate surface area is 163 Å². The number of carbonyl (C=O) groups excluding carboxylic acids is 1. The van der Waals surface area contributed by atoms with E-state index < -0.39 is 27.4 Å². The molecule has 0 saturated carbocycles. The number of nitrogens with zero attached hydrogens (tertiary/aromatic N) is 3. The van der Waals surface area contributed by atoms with Crippen molar-refractivity contribution in [1.82, 2.24) is 5.43 Å². The third-order valence-electron chi connectivity index (χ3n) is 3.27. The van der Waals surface area contributed by atoms with Crippen LogP contribution in [0.3, 0.4) is 0 Å². The second-order valence-electron chi connectivity index (χ2n) is 5.39. The highest BCUT2D eigenvalue weighted by Gasteiger charge is 2.22. The maximum Gasteiger partial charge on any atom is 0.271 e. The van der Waals surface area contributed by atoms with Crippen LogP contribution >= 0.6 is 15.9 Å². The van der Waals surface area contributed by atoms with Crippen molar-refractivity contribution in [2.45, 2.75) is 6.92 Å². The van der Waals surface area contributed by atoms with Gasteiger partial charge >= 0.3 is 0 Å². The molecule has 0 fully saturated rings. The lowest BCUT2D eigenvalue weighted by molar-refractivity contribution is -0.384. The number of rotatable bonds is 7. The molecular weight excluding hydrogens is 444 g/mol. The smallest absolute Gasteiger partial charge is 0.271 e. The fourth-order valence-electron chi connectivity index (χ4n) is 2.04. The summed E-state index contributed by atoms with van der Waals surface area (Å²) in [4.78, 5) is 22.3. The van der Waals surface area contributed by atoms with Gasteiger partial charge in [-0.2, -0.15) is 5.10 Å². The molecule has 0 bridgehead atoms. The summed E-state index contributed by atoms with van der Waals surface area (Å²) in [5, 5.41) is 14.6. The van der Waals surface area contributed by atoms with Gasteiger partial charge in [-0.3, -0.25) is 19.2 Å². The molecule has 1 N–H and O–H groups in total. The van der Waals surface area contributed by atoms with E-state index in [9.17, 15) is 23.3 Å². The Bertz CT molecular complexity index is 982. The molecule has 10 nitrogen and oxygen atoms in total. The lowest BCUT2D eigenvalue weighted by atomic mass is 10.3. The molecule has 2 aromatic rings. The topological polar surface area (TPSA) is 135 Å². The molecule has 1 amide bonds. The molecule has 2 rings (SSSR count). The van der Waals surface area contributed by atoms with E-state index >= 15 is 0 Å². The number of nitrogens with one attached hydrogen (secondary N) is 1. The average molecular weight is 459 g/mol. The maximum atomic E-state index is 12.0. The van der Waals surface area contributed by atoms with Gasteiger partial charge in [0.1, 0.15) is 18.1 Å². The molecule has 1 heterocycles. The first-order chi connectivity index (χ1) is 12.6. The molecular formula is C15H15BrN4O6S. The van der Waals surface area contributed by atoms with Gasteiger partial charge in [0.2, 0.25) is 10.0 Å². The van der Waals surface area contributed by atoms with E-state index in [1.54, 1.807) is 13.0 Å². The van der Waals surface area contributed by atoms with E-state index in [-0.39, 0.29) is 11.4 Å². The normalized spacial score (nSPS) is 11.5. The van der Waals surface area contributed by atoms with Crippen LogP contribution in [0.15, 0.2) is 44.3 Å². The Hall–Kier alpha value is -2.73. The SMILES string of the molecule is Cc1oc(/C=N\NC(=O)CN(c2cccc([N+](=O)[O-])c2)S(C)(=O)=O)cc1Br. The number of benzene rings is 1. The van der Waals surface area contributed by atoms with E-state index in [2.05, 4.69) is 26.5 Å². The summed E-state index contributed by atoms with van der Waals surface area (Å²) in [6, 6.07) is 6.63. The van der Waals surface area contributed by atoms with Gasteiger partial charge in [-0.15, -0.1) is 0 Å². The fourth-order valence-corrected chi connectivity index (χ4v) is 3.20. The third-order valence-corrected chi connectivity index (χ3v) is 5.20. The van der Waals surface area contributed by atoms with Gasteiger partial charge in [-0.1, -0.05) is 6.07 Å². The van der Waals surface area contributed by atoms with E-state index in [0.29, 0.717) is 11.5 Å². The molecule has 0 saturated heterocycles. The third kappa shape index (κ3) is 5.62. The summed E-state index contributed by atoms with van der Waals surface area (Å²) in [5.74, 6) is 0.292. The number of amides is 1. The molecule has 0 unspecified atom stereocenters. The number of carbonyl (C=O) groups is 1. The number of halogens is 1. The van der Waals surface area contributed by atoms with Gasteiger partial charge in [0.05, 0.1) is 27.6 Å². The average Bonchev–Trinajstić information content (AvgIpc) is 2.89. The van der Waals surface area contributed by atoms with Crippen molar-refractivity contribution >= 4 is 49.4 Å². The highest BCUT2D eigenvalue weighted by molar-refractivity contribution is 9.10. The summed E-state index contributed by atoms with van der Waals surface area (Å²) in [7, 11) is -3.86. The Morgan fingerprint density at radius 2 is 2.15 bits per heavy atom. The number of non-ortho nitro benzene ring substituents is 1. The lowest BCUT2D eigenvalue weighted by Crippen LogP contribution is -2.39. The van der Waals surface area contributed by atoms with Crippen LogP contribution in [0, 0.1) is 17.0 Å². The number of nitro groups is 1. The van der Waals surface area contributed by atoms with Gasteiger partial charge in [0.15, 0.2) is 0 Å². The standard InChI is InChI=1S/C15H15BrN4O6S/c1-10-14(16)7-13(26-10)8-17-18-15(21)9-19(27(2,24)25)11-4-3-5-12(6-11)20(22)23/h3-8H,9H2,1-2H3,(H,18,21)/b17-8-. The van der Waals surface area contributed by atoms with Crippen LogP contribution in [0.4, 0.5) is 11.4 Å². The van der Waals surface area contributed by atoms with Gasteiger partial charge in [0, 0.05) is 18.2 Å². The van der Waals surface area contributed by atoms with Crippen molar-refractivity contribution in [3.63, 3.8) is 0 Å². The van der Waals surface area contributed by atoms with Crippen molar-refractivity contribution in [3.8, 4) is 0 Å². The van der Waals surface area contributed by atoms with Gasteiger partial charge < -0.3 is 4.42 Å². The zero-order chi connectivity index (χ0) is 20.2. The number of aryl methyl sites for hydroxylation is 1. The molecule has 0 atom stereocenters. The monoisotopic (exact) mass is 458 g/mol. The number of anilines is 1. The predicted molar refractivity (Wildman–Crippen MR) is 102 cm³/mol. The highest BCUT2D eigenvalue weighted by Crippen LogP contribution is 2.23. The molecule has 1 aromatic carbocycles.